The zero-order chi connectivity index (χ0) is 37.7. The third kappa shape index (κ3) is 33.6. The van der Waals surface area contributed by atoms with Crippen LogP contribution >= 0.6 is 0 Å². The average Bonchev–Trinajstić information content (AvgIpc) is 3.04. The highest BCUT2D eigenvalue weighted by atomic mass is 32.3. The van der Waals surface area contributed by atoms with E-state index in [9.17, 15) is 9.59 Å². The summed E-state index contributed by atoms with van der Waals surface area (Å²) >= 11 is 0. The molecule has 0 aliphatic heterocycles. The van der Waals surface area contributed by atoms with Crippen molar-refractivity contribution in [3.8, 4) is 17.9 Å². The van der Waals surface area contributed by atoms with E-state index < -0.39 is 22.3 Å². The maximum Gasteiger partial charge on any atom is 0.394 e. The lowest BCUT2D eigenvalue weighted by Gasteiger charge is -2.03. The number of carbonyl (C=O) groups excluding carboxylic acids is 1. The van der Waals surface area contributed by atoms with Gasteiger partial charge in [-0.15, -0.1) is 11.8 Å². The van der Waals surface area contributed by atoms with Gasteiger partial charge >= 0.3 is 22.3 Å². The molecule has 0 aliphatic rings. The molecule has 0 amide bonds. The number of carbonyl (C=O) groups is 2. The number of carboxylic acid groups (broad SMARTS) is 1. The van der Waals surface area contributed by atoms with Crippen molar-refractivity contribution >= 4 is 60.0 Å². The number of hydrogen-bond acceptors (Lipinski definition) is 7. The number of rotatable bonds is 7. The van der Waals surface area contributed by atoms with Gasteiger partial charge < -0.3 is 14.9 Å². The number of esters is 1. The highest BCUT2D eigenvalue weighted by Gasteiger charge is 2.04. The highest BCUT2D eigenvalue weighted by Crippen LogP contribution is 2.29. The molecule has 0 unspecified atom stereocenters. The van der Waals surface area contributed by atoms with Crippen molar-refractivity contribution in [2.24, 2.45) is 11.8 Å². The number of hydrogen-bond donors (Lipinski definition) is 4. The molecule has 3 radical (unpaired) electrons. The zero-order valence-electron chi connectivity index (χ0n) is 27.9. The van der Waals surface area contributed by atoms with Gasteiger partial charge in [0.05, 0.1) is 38.0 Å². The Labute approximate surface area is 298 Å². The number of nitrogens with zero attached hydrogens (tertiary/aromatic N) is 4. The molecule has 0 aromatic heterocycles. The first-order chi connectivity index (χ1) is 22.4. The van der Waals surface area contributed by atoms with Crippen LogP contribution in [0.4, 0.5) is 17.1 Å². The van der Waals surface area contributed by atoms with E-state index in [2.05, 4.69) is 26.4 Å². The van der Waals surface area contributed by atoms with Crippen LogP contribution in [0.1, 0.15) is 65.7 Å². The summed E-state index contributed by atoms with van der Waals surface area (Å²) in [6, 6.07) is 11.3. The third-order valence-electron chi connectivity index (χ3n) is 4.51. The van der Waals surface area contributed by atoms with Crippen LogP contribution in [0.25, 0.3) is 26.7 Å². The molecule has 0 spiro atoms. The van der Waals surface area contributed by atoms with Crippen molar-refractivity contribution in [1.82, 2.24) is 0 Å². The second-order valence-electron chi connectivity index (χ2n) is 9.52. The van der Waals surface area contributed by atoms with E-state index >= 15 is 0 Å². The molecule has 0 saturated carbocycles. The predicted octanol–water partition coefficient (Wildman–Crippen LogP) is 7.47. The smallest absolute Gasteiger partial charge is 0.394 e. The van der Waals surface area contributed by atoms with Crippen LogP contribution in [-0.4, -0.2) is 61.3 Å². The molecule has 50 heavy (non-hydrogen) atoms. The Kier molecular flexibility index (Phi) is 34.2. The van der Waals surface area contributed by atoms with Crippen LogP contribution in [-0.2, 0) is 24.7 Å². The Morgan fingerprint density at radius 2 is 1.28 bits per heavy atom. The average molecular weight is 706 g/mol. The van der Waals surface area contributed by atoms with Crippen LogP contribution in [0.5, 0.6) is 0 Å². The Hall–Kier alpha value is -5.73. The van der Waals surface area contributed by atoms with Gasteiger partial charge in [-0.1, -0.05) is 65.5 Å². The molecule has 0 bridgehead atoms. The monoisotopic (exact) mass is 705 g/mol. The number of ether oxygens (including phenoxy) is 1. The molecule has 0 heterocycles. The van der Waals surface area contributed by atoms with E-state index in [1.54, 1.807) is 30.3 Å². The van der Waals surface area contributed by atoms with Gasteiger partial charge in [0.2, 0.25) is 5.69 Å². The fraction of sp³-hybridized carbons (Fsp3) is 0.314. The summed E-state index contributed by atoms with van der Waals surface area (Å²) in [4.78, 5) is 31.2. The first kappa shape index (κ1) is 53.8. The highest BCUT2D eigenvalue weighted by molar-refractivity contribution is 7.79. The summed E-state index contributed by atoms with van der Waals surface area (Å²) in [5.74, 6) is 4.63. The second kappa shape index (κ2) is 31.9. The summed E-state index contributed by atoms with van der Waals surface area (Å²) < 4.78 is 36.6. The quantitative estimate of drug-likeness (QED) is 0.0560. The third-order valence-corrected chi connectivity index (χ3v) is 4.51. The minimum atomic E-state index is -4.67. The van der Waals surface area contributed by atoms with E-state index in [0.29, 0.717) is 47.4 Å². The zero-order valence-corrected chi connectivity index (χ0v) is 28.8. The van der Waals surface area contributed by atoms with Crippen LogP contribution in [0.3, 0.4) is 0 Å². The molecule has 2 aromatic carbocycles. The number of aliphatic hydroxyl groups excluding tert-OH is 1. The van der Waals surface area contributed by atoms with Gasteiger partial charge in [-0.3, -0.25) is 18.8 Å². The number of aliphatic carboxylic acids is 1. The van der Waals surface area contributed by atoms with E-state index in [1.165, 1.54) is 24.3 Å². The SMILES string of the molecule is C.CC#CC.CC(C)CO.O=S(=O)(O)O.[B].[C-]#[N+]c1ccc(/C=C/C(=O)O)cc1[N+]#[C-].[C-]#[N+]c1ccc(/C=C/C(=O)OCC(C)C)cc1C#N. The van der Waals surface area contributed by atoms with Crippen molar-refractivity contribution in [2.45, 2.75) is 49.0 Å². The van der Waals surface area contributed by atoms with Crippen molar-refractivity contribution in [3.05, 3.63) is 99.5 Å². The Balaban J connectivity index is -0.000000193. The number of carboxylic acids is 1. The number of benzene rings is 2. The molecular weight excluding hydrogens is 663 g/mol. The fourth-order valence-corrected chi connectivity index (χ4v) is 2.30. The standard InChI is InChI=1S/C15H14N2O2.C11H6N2O2.C4H10O.C4H6.CH4.B.H2O4S/c1-11(2)10-19-15(18)7-5-12-4-6-14(17-3)13(8-12)9-16;1-12-9-5-3-8(4-6-11(14)15)7-10(9)13-2;1-4(2)3-5;1-3-4-2;;;1-5(2,3)4/h4-8,11H,10H2,1-2H3;3-7H,(H,14,15);4-5H,3H2,1-2H3;1-2H3;1H4;;(H2,1,2,3,4)/b7-5+;6-4+;;;;;. The maximum absolute atomic E-state index is 11.4. The van der Waals surface area contributed by atoms with Gasteiger partial charge in [-0.05, 0) is 55.0 Å². The van der Waals surface area contributed by atoms with Crippen LogP contribution < -0.4 is 0 Å². The lowest BCUT2D eigenvalue weighted by Crippen LogP contribution is -2.06. The van der Waals surface area contributed by atoms with Gasteiger partial charge in [-0.2, -0.15) is 13.7 Å². The minimum absolute atomic E-state index is 0. The van der Waals surface area contributed by atoms with Crippen molar-refractivity contribution in [1.29, 1.82) is 5.26 Å². The lowest BCUT2D eigenvalue weighted by molar-refractivity contribution is -0.138. The Bertz CT molecular complexity index is 1720. The molecule has 0 saturated heterocycles. The first-order valence-electron chi connectivity index (χ1n) is 13.6. The van der Waals surface area contributed by atoms with E-state index in [0.717, 1.165) is 6.08 Å². The molecule has 13 nitrogen and oxygen atoms in total. The van der Waals surface area contributed by atoms with Crippen molar-refractivity contribution in [3.63, 3.8) is 0 Å². The van der Waals surface area contributed by atoms with Crippen LogP contribution in [0.2, 0.25) is 0 Å². The predicted molar refractivity (Wildman–Crippen MR) is 196 cm³/mol. The molecule has 2 aromatic rings. The largest absolute Gasteiger partial charge is 0.478 e. The molecule has 15 heteroatoms. The molecule has 0 atom stereocenters. The van der Waals surface area contributed by atoms with Gasteiger partial charge in [-0.25, -0.2) is 14.4 Å². The van der Waals surface area contributed by atoms with Crippen molar-refractivity contribution in [2.75, 3.05) is 13.2 Å². The summed E-state index contributed by atoms with van der Waals surface area (Å²) in [7, 11) is -4.67. The van der Waals surface area contributed by atoms with Crippen LogP contribution in [0.15, 0.2) is 48.6 Å². The fourth-order valence-electron chi connectivity index (χ4n) is 2.30. The molecule has 0 aliphatic carbocycles. The molecular formula is C35H42BN4O9S. The Morgan fingerprint density at radius 3 is 1.64 bits per heavy atom. The topological polar surface area (TPSA) is 195 Å². The molecule has 4 N–H and O–H groups in total. The summed E-state index contributed by atoms with van der Waals surface area (Å²) in [6.07, 6.45) is 5.25. The molecule has 0 fully saturated rings. The second-order valence-corrected chi connectivity index (χ2v) is 10.4. The number of aliphatic hydroxyl groups is 1. The van der Waals surface area contributed by atoms with Crippen LogP contribution in [0, 0.1) is 54.7 Å². The van der Waals surface area contributed by atoms with Gasteiger partial charge in [0, 0.05) is 27.2 Å². The van der Waals surface area contributed by atoms with E-state index in [-0.39, 0.29) is 27.2 Å². The minimum Gasteiger partial charge on any atom is -0.478 e. The molecule has 265 valence electrons. The van der Waals surface area contributed by atoms with Gasteiger partial charge in [0.1, 0.15) is 0 Å². The maximum atomic E-state index is 11.4. The van der Waals surface area contributed by atoms with Gasteiger partial charge in [0.15, 0.2) is 11.4 Å². The summed E-state index contributed by atoms with van der Waals surface area (Å²) in [6.45, 7) is 32.7. The normalized spacial score (nSPS) is 9.10. The lowest BCUT2D eigenvalue weighted by atomic mass is 10.1. The number of nitriles is 1. The van der Waals surface area contributed by atoms with E-state index in [4.69, 9.17) is 57.5 Å². The summed E-state index contributed by atoms with van der Waals surface area (Å²) in [5, 5.41) is 25.4. The molecule has 2 rings (SSSR count). The first-order valence-corrected chi connectivity index (χ1v) is 15.0. The van der Waals surface area contributed by atoms with Gasteiger partial charge in [0.25, 0.3) is 0 Å². The summed E-state index contributed by atoms with van der Waals surface area (Å²) in [5.41, 5.74) is 2.39. The van der Waals surface area contributed by atoms with Crippen molar-refractivity contribution < 1.29 is 42.1 Å². The Morgan fingerprint density at radius 1 is 0.860 bits per heavy atom. The van der Waals surface area contributed by atoms with E-state index in [1.807, 2.05) is 47.6 Å².